The van der Waals surface area contributed by atoms with Gasteiger partial charge in [-0.15, -0.1) is 29.6 Å². The number of benzene rings is 2. The number of nitrogens with zero attached hydrogens (tertiary/aromatic N) is 4. The zero-order valence-electron chi connectivity index (χ0n) is 21.8. The first-order valence-electron chi connectivity index (χ1n) is 11.9. The Kier molecular flexibility index (Phi) is 8.37. The lowest BCUT2D eigenvalue weighted by molar-refractivity contribution is -0.274. The van der Waals surface area contributed by atoms with Gasteiger partial charge in [-0.05, 0) is 69.3 Å². The van der Waals surface area contributed by atoms with Crippen molar-refractivity contribution < 1.29 is 41.8 Å². The van der Waals surface area contributed by atoms with Crippen molar-refractivity contribution in [1.82, 2.24) is 19.7 Å². The fourth-order valence-corrected chi connectivity index (χ4v) is 4.25. The first kappa shape index (κ1) is 29.2. The predicted molar refractivity (Wildman–Crippen MR) is 140 cm³/mol. The monoisotopic (exact) mass is 589 g/mol. The summed E-state index contributed by atoms with van der Waals surface area (Å²) >= 11 is 0.939. The Hall–Kier alpha value is -4.79. The molecule has 1 N–H and O–H groups in total. The molecule has 0 saturated carbocycles. The van der Waals surface area contributed by atoms with Gasteiger partial charge in [0.05, 0.1) is 12.3 Å². The Morgan fingerprint density at radius 2 is 1.71 bits per heavy atom. The number of amides is 1. The normalized spacial score (nSPS) is 11.6. The molecule has 2 aromatic heterocycles. The number of ether oxygens (including phenoxy) is 3. The molecule has 0 fully saturated rings. The predicted octanol–water partition coefficient (Wildman–Crippen LogP) is 5.68. The molecule has 4 aromatic rings. The highest BCUT2D eigenvalue weighted by atomic mass is 32.1. The fourth-order valence-electron chi connectivity index (χ4n) is 3.38. The molecular formula is C26H22F3N5O6S. The molecule has 2 heterocycles. The van der Waals surface area contributed by atoms with Crippen LogP contribution in [0.1, 0.15) is 41.1 Å². The van der Waals surface area contributed by atoms with Crippen LogP contribution in [0.5, 0.6) is 5.75 Å². The van der Waals surface area contributed by atoms with E-state index in [1.165, 1.54) is 42.4 Å². The summed E-state index contributed by atoms with van der Waals surface area (Å²) in [5.41, 5.74) is -0.168. The molecule has 4 rings (SSSR count). The second-order valence-corrected chi connectivity index (χ2v) is 9.60. The Morgan fingerprint density at radius 3 is 2.34 bits per heavy atom. The first-order chi connectivity index (χ1) is 19.3. The van der Waals surface area contributed by atoms with Gasteiger partial charge < -0.3 is 14.2 Å². The average molecular weight is 590 g/mol. The number of carbonyl (C=O) groups excluding carboxylic acids is 3. The second-order valence-electron chi connectivity index (χ2n) is 8.74. The van der Waals surface area contributed by atoms with Gasteiger partial charge in [-0.25, -0.2) is 24.2 Å². The molecule has 2 aromatic carbocycles. The van der Waals surface area contributed by atoms with E-state index in [9.17, 15) is 27.6 Å². The van der Waals surface area contributed by atoms with Crippen molar-refractivity contribution in [3.05, 3.63) is 70.9 Å². The number of esters is 1. The van der Waals surface area contributed by atoms with Gasteiger partial charge in [0.1, 0.15) is 12.1 Å². The average Bonchev–Trinajstić information content (AvgIpc) is 3.59. The third-order valence-corrected chi connectivity index (χ3v) is 6.13. The summed E-state index contributed by atoms with van der Waals surface area (Å²) in [6.45, 7) is 4.62. The lowest BCUT2D eigenvalue weighted by atomic mass is 10.0. The van der Waals surface area contributed by atoms with E-state index in [-0.39, 0.29) is 23.1 Å². The molecule has 0 atom stereocenters. The van der Waals surface area contributed by atoms with Crippen LogP contribution in [0.3, 0.4) is 0 Å². The minimum Gasteiger partial charge on any atom is -0.461 e. The molecule has 0 unspecified atom stereocenters. The Morgan fingerprint density at radius 1 is 1.02 bits per heavy atom. The van der Waals surface area contributed by atoms with Crippen LogP contribution in [-0.4, -0.2) is 56.2 Å². The van der Waals surface area contributed by atoms with Crippen LogP contribution in [0.4, 0.5) is 23.7 Å². The van der Waals surface area contributed by atoms with Gasteiger partial charge in [-0.3, -0.25) is 10.1 Å². The van der Waals surface area contributed by atoms with Crippen LogP contribution in [0.2, 0.25) is 0 Å². The fraction of sp³-hybridized carbons (Fsp3) is 0.231. The van der Waals surface area contributed by atoms with E-state index in [1.54, 1.807) is 31.2 Å². The number of ketones is 1. The lowest BCUT2D eigenvalue weighted by Gasteiger charge is -2.22. The van der Waals surface area contributed by atoms with E-state index < -0.39 is 29.8 Å². The van der Waals surface area contributed by atoms with E-state index in [1.807, 2.05) is 0 Å². The number of thiazole rings is 1. The van der Waals surface area contributed by atoms with Crippen molar-refractivity contribution in [2.75, 3.05) is 11.9 Å². The van der Waals surface area contributed by atoms with E-state index in [0.717, 1.165) is 23.5 Å². The zero-order valence-corrected chi connectivity index (χ0v) is 22.6. The van der Waals surface area contributed by atoms with Crippen molar-refractivity contribution >= 4 is 34.9 Å². The Labute approximate surface area is 234 Å². The summed E-state index contributed by atoms with van der Waals surface area (Å²) in [5.74, 6) is -1.28. The van der Waals surface area contributed by atoms with Gasteiger partial charge in [0.15, 0.2) is 22.1 Å². The van der Waals surface area contributed by atoms with Crippen LogP contribution < -0.4 is 10.1 Å². The minimum atomic E-state index is -4.79. The summed E-state index contributed by atoms with van der Waals surface area (Å²) in [5, 5.41) is 8.24. The summed E-state index contributed by atoms with van der Waals surface area (Å²) in [6, 6.07) is 11.5. The quantitative estimate of drug-likeness (QED) is 0.193. The number of Topliss-reactive ketones (excluding diaryl/α,β-unsaturated/α-hetero) is 1. The number of carbonyl (C=O) groups is 3. The highest BCUT2D eigenvalue weighted by Gasteiger charge is 2.35. The molecule has 1 amide bonds. The largest absolute Gasteiger partial charge is 0.573 e. The number of rotatable bonds is 9. The molecular weight excluding hydrogens is 567 g/mol. The van der Waals surface area contributed by atoms with Crippen LogP contribution in [0.25, 0.3) is 17.1 Å². The van der Waals surface area contributed by atoms with Crippen molar-refractivity contribution in [2.24, 2.45) is 0 Å². The maximum Gasteiger partial charge on any atom is 0.573 e. The molecule has 0 aliphatic rings. The van der Waals surface area contributed by atoms with Gasteiger partial charge in [0.25, 0.3) is 0 Å². The summed E-state index contributed by atoms with van der Waals surface area (Å²) in [6.07, 6.45) is -4.28. The first-order valence-corrected chi connectivity index (χ1v) is 12.8. The summed E-state index contributed by atoms with van der Waals surface area (Å²) < 4.78 is 52.5. The van der Waals surface area contributed by atoms with E-state index >= 15 is 0 Å². The standard InChI is InChI=1S/C26H22F3N5O6S/c1-4-38-23(36)19-13-41-22(32-19)20(35)25(2,3)40-24(37)31-16-7-5-15(6-8-16)21-30-14-34(33-21)17-9-11-18(12-10-17)39-26(27,28)29/h5-14H,4H2,1-3H3,(H,31,37). The SMILES string of the molecule is CCOC(=O)c1csc(C(=O)C(C)(C)OC(=O)Nc2ccc(-c3ncn(-c4ccc(OC(F)(F)F)cc4)n3)cc2)n1. The molecule has 15 heteroatoms. The third kappa shape index (κ3) is 7.45. The minimum absolute atomic E-state index is 0.00620. The molecule has 0 radical (unpaired) electrons. The zero-order chi connectivity index (χ0) is 29.8. The highest BCUT2D eigenvalue weighted by molar-refractivity contribution is 7.12. The summed E-state index contributed by atoms with van der Waals surface area (Å²) in [4.78, 5) is 45.4. The molecule has 0 bridgehead atoms. The molecule has 0 spiro atoms. The molecule has 41 heavy (non-hydrogen) atoms. The molecule has 0 aliphatic carbocycles. The summed E-state index contributed by atoms with van der Waals surface area (Å²) in [7, 11) is 0. The second kappa shape index (κ2) is 11.8. The number of halogens is 3. The number of hydrogen-bond acceptors (Lipinski definition) is 10. The topological polar surface area (TPSA) is 135 Å². The van der Waals surface area contributed by atoms with E-state index in [4.69, 9.17) is 9.47 Å². The Balaban J connectivity index is 1.36. The number of alkyl halides is 3. The van der Waals surface area contributed by atoms with Gasteiger partial charge in [0.2, 0.25) is 5.78 Å². The molecule has 11 nitrogen and oxygen atoms in total. The van der Waals surface area contributed by atoms with Crippen LogP contribution in [0.15, 0.2) is 60.2 Å². The number of aromatic nitrogens is 4. The van der Waals surface area contributed by atoms with Crippen molar-refractivity contribution in [1.29, 1.82) is 0 Å². The van der Waals surface area contributed by atoms with Crippen molar-refractivity contribution in [3.8, 4) is 22.8 Å². The highest BCUT2D eigenvalue weighted by Crippen LogP contribution is 2.25. The van der Waals surface area contributed by atoms with E-state index in [2.05, 4.69) is 25.1 Å². The third-order valence-electron chi connectivity index (χ3n) is 5.29. The van der Waals surface area contributed by atoms with Crippen LogP contribution >= 0.6 is 11.3 Å². The van der Waals surface area contributed by atoms with Crippen molar-refractivity contribution in [2.45, 2.75) is 32.7 Å². The number of anilines is 1. The molecule has 0 aliphatic heterocycles. The lowest BCUT2D eigenvalue weighted by Crippen LogP contribution is -2.38. The maximum absolute atomic E-state index is 12.8. The number of hydrogen-bond donors (Lipinski definition) is 1. The van der Waals surface area contributed by atoms with E-state index in [0.29, 0.717) is 22.8 Å². The molecule has 0 saturated heterocycles. The smallest absolute Gasteiger partial charge is 0.461 e. The maximum atomic E-state index is 12.8. The molecule has 214 valence electrons. The van der Waals surface area contributed by atoms with Crippen molar-refractivity contribution in [3.63, 3.8) is 0 Å². The van der Waals surface area contributed by atoms with Crippen LogP contribution in [0, 0.1) is 0 Å². The van der Waals surface area contributed by atoms with Crippen LogP contribution in [-0.2, 0) is 9.47 Å². The Bertz CT molecular complexity index is 1550. The van der Waals surface area contributed by atoms with Gasteiger partial charge in [0, 0.05) is 16.6 Å². The van der Waals surface area contributed by atoms with Gasteiger partial charge in [-0.2, -0.15) is 0 Å². The van der Waals surface area contributed by atoms with Gasteiger partial charge >= 0.3 is 18.4 Å². The number of nitrogens with one attached hydrogen (secondary N) is 1. The van der Waals surface area contributed by atoms with Gasteiger partial charge in [-0.1, -0.05) is 0 Å².